The van der Waals surface area contributed by atoms with Crippen LogP contribution in [0.15, 0.2) is 12.7 Å². The molecule has 30 heavy (non-hydrogen) atoms. The van der Waals surface area contributed by atoms with E-state index in [4.69, 9.17) is 0 Å². The van der Waals surface area contributed by atoms with E-state index >= 15 is 0 Å². The van der Waals surface area contributed by atoms with Gasteiger partial charge in [-0.05, 0) is 25.7 Å². The van der Waals surface area contributed by atoms with E-state index in [9.17, 15) is 29.7 Å². The van der Waals surface area contributed by atoms with Gasteiger partial charge in [-0.2, -0.15) is 0 Å². The summed E-state index contributed by atoms with van der Waals surface area (Å²) >= 11 is 0. The molecule has 0 spiro atoms. The van der Waals surface area contributed by atoms with E-state index in [1.54, 1.807) is 20.8 Å². The standard InChI is InChI=1S/C23H41NO6/c1-5-9-10-11-12-13-14-15-16-17-24(18(6-2)21(25)26,19(7-3)22(27)28)20(8-4)23(29)30/h5,18-20H,1,6-17H2,2-4H3,(H2-,25,26,27,28,29,30)/p+1. The van der Waals surface area contributed by atoms with Crippen LogP contribution in [0.3, 0.4) is 0 Å². The number of nitrogens with zero attached hydrogens (tertiary/aromatic N) is 1. The highest BCUT2D eigenvalue weighted by molar-refractivity contribution is 5.78. The van der Waals surface area contributed by atoms with E-state index in [2.05, 4.69) is 6.58 Å². The lowest BCUT2D eigenvalue weighted by molar-refractivity contribution is -0.973. The number of quaternary nitrogens is 1. The third-order valence-electron chi connectivity index (χ3n) is 6.21. The minimum atomic E-state index is -1.13. The van der Waals surface area contributed by atoms with Gasteiger partial charge in [-0.15, -0.1) is 6.58 Å². The van der Waals surface area contributed by atoms with Crippen molar-refractivity contribution in [2.75, 3.05) is 6.54 Å². The van der Waals surface area contributed by atoms with E-state index in [1.165, 1.54) is 0 Å². The lowest BCUT2D eigenvalue weighted by atomic mass is 9.93. The maximum absolute atomic E-state index is 12.1. The molecule has 0 bridgehead atoms. The molecular formula is C23H42NO6+. The molecule has 0 saturated carbocycles. The fourth-order valence-corrected chi connectivity index (χ4v) is 4.84. The number of hydrogen-bond donors (Lipinski definition) is 3. The average molecular weight is 429 g/mol. The van der Waals surface area contributed by atoms with Crippen LogP contribution in [-0.4, -0.2) is 62.4 Å². The Morgan fingerprint density at radius 3 is 1.33 bits per heavy atom. The van der Waals surface area contributed by atoms with Crippen molar-refractivity contribution in [2.24, 2.45) is 0 Å². The molecule has 0 aliphatic carbocycles. The Bertz CT molecular complexity index is 493. The molecule has 0 radical (unpaired) electrons. The van der Waals surface area contributed by atoms with Crippen LogP contribution in [0.4, 0.5) is 0 Å². The van der Waals surface area contributed by atoms with Crippen LogP contribution in [-0.2, 0) is 14.4 Å². The first-order valence-electron chi connectivity index (χ1n) is 11.4. The van der Waals surface area contributed by atoms with Crippen LogP contribution < -0.4 is 0 Å². The second-order valence-corrected chi connectivity index (χ2v) is 8.06. The number of carboxylic acid groups (broad SMARTS) is 3. The molecule has 0 fully saturated rings. The Hall–Kier alpha value is -1.89. The van der Waals surface area contributed by atoms with Gasteiger partial charge in [0, 0.05) is 19.3 Å². The maximum atomic E-state index is 12.1. The Kier molecular flexibility index (Phi) is 14.0. The minimum Gasteiger partial charge on any atom is -0.477 e. The highest BCUT2D eigenvalue weighted by atomic mass is 16.4. The molecule has 0 aromatic rings. The normalized spacial score (nSPS) is 16.2. The van der Waals surface area contributed by atoms with Gasteiger partial charge < -0.3 is 15.3 Å². The summed E-state index contributed by atoms with van der Waals surface area (Å²) in [5.74, 6) is -3.38. The molecule has 174 valence electrons. The first-order chi connectivity index (χ1) is 14.2. The fraction of sp³-hybridized carbons (Fsp3) is 0.783. The van der Waals surface area contributed by atoms with E-state index in [1.807, 2.05) is 6.08 Å². The molecule has 0 aromatic heterocycles. The van der Waals surface area contributed by atoms with Crippen molar-refractivity contribution in [1.29, 1.82) is 0 Å². The van der Waals surface area contributed by atoms with Gasteiger partial charge in [0.1, 0.15) is 0 Å². The second kappa shape index (κ2) is 15.0. The third kappa shape index (κ3) is 7.74. The maximum Gasteiger partial charge on any atom is 0.362 e. The van der Waals surface area contributed by atoms with Crippen LogP contribution in [0.25, 0.3) is 0 Å². The summed E-state index contributed by atoms with van der Waals surface area (Å²) in [4.78, 5) is 36.3. The van der Waals surface area contributed by atoms with Gasteiger partial charge in [-0.1, -0.05) is 52.5 Å². The number of unbranched alkanes of at least 4 members (excludes halogenated alkanes) is 7. The molecule has 0 rings (SSSR count). The highest BCUT2D eigenvalue weighted by Crippen LogP contribution is 2.32. The topological polar surface area (TPSA) is 112 Å². The van der Waals surface area contributed by atoms with Crippen molar-refractivity contribution in [3.05, 3.63) is 12.7 Å². The Balaban J connectivity index is 5.58. The summed E-state index contributed by atoms with van der Waals surface area (Å²) in [6, 6.07) is -3.19. The summed E-state index contributed by atoms with van der Waals surface area (Å²) in [5.41, 5.74) is 0. The molecule has 0 aromatic carbocycles. The van der Waals surface area contributed by atoms with E-state index in [-0.39, 0.29) is 25.8 Å². The van der Waals surface area contributed by atoms with Crippen molar-refractivity contribution < 1.29 is 34.2 Å². The number of rotatable bonds is 19. The van der Waals surface area contributed by atoms with Crippen LogP contribution >= 0.6 is 0 Å². The summed E-state index contributed by atoms with van der Waals surface area (Å²) in [6.07, 6.45) is 10.4. The molecular weight excluding hydrogens is 386 g/mol. The Labute approximate surface area is 181 Å². The Morgan fingerprint density at radius 1 is 0.700 bits per heavy atom. The number of carbonyl (C=O) groups is 3. The summed E-state index contributed by atoms with van der Waals surface area (Å²) < 4.78 is -0.414. The third-order valence-corrected chi connectivity index (χ3v) is 6.21. The molecule has 7 nitrogen and oxygen atoms in total. The number of allylic oxidation sites excluding steroid dienone is 1. The SMILES string of the molecule is C=CCCCCCCCCC[N+](C(CC)C(=O)O)(C(CC)C(=O)O)C(CC)C(=O)O. The van der Waals surface area contributed by atoms with Crippen LogP contribution in [0.5, 0.6) is 0 Å². The predicted octanol–water partition coefficient (Wildman–Crippen LogP) is 4.70. The molecule has 0 heterocycles. The van der Waals surface area contributed by atoms with Crippen molar-refractivity contribution in [2.45, 2.75) is 110 Å². The molecule has 0 amide bonds. The highest BCUT2D eigenvalue weighted by Gasteiger charge is 2.55. The largest absolute Gasteiger partial charge is 0.477 e. The van der Waals surface area contributed by atoms with Crippen molar-refractivity contribution in [3.63, 3.8) is 0 Å². The summed E-state index contributed by atoms with van der Waals surface area (Å²) in [5, 5.41) is 29.7. The van der Waals surface area contributed by atoms with Gasteiger partial charge >= 0.3 is 17.9 Å². The first kappa shape index (κ1) is 28.1. The molecule has 0 aliphatic rings. The Morgan fingerprint density at radius 2 is 1.03 bits per heavy atom. The van der Waals surface area contributed by atoms with Gasteiger partial charge in [0.2, 0.25) is 0 Å². The fourth-order valence-electron chi connectivity index (χ4n) is 4.84. The second-order valence-electron chi connectivity index (χ2n) is 8.06. The minimum absolute atomic E-state index is 0.187. The monoisotopic (exact) mass is 428 g/mol. The van der Waals surface area contributed by atoms with Gasteiger partial charge in [-0.25, -0.2) is 14.4 Å². The lowest BCUT2D eigenvalue weighted by Crippen LogP contribution is -2.72. The predicted molar refractivity (Wildman–Crippen MR) is 117 cm³/mol. The first-order valence-corrected chi connectivity index (χ1v) is 11.4. The number of hydrogen-bond acceptors (Lipinski definition) is 3. The van der Waals surface area contributed by atoms with Crippen molar-refractivity contribution in [1.82, 2.24) is 0 Å². The van der Waals surface area contributed by atoms with Crippen LogP contribution in [0, 0.1) is 0 Å². The van der Waals surface area contributed by atoms with Crippen LogP contribution in [0.2, 0.25) is 0 Å². The van der Waals surface area contributed by atoms with Gasteiger partial charge in [0.05, 0.1) is 6.54 Å². The summed E-state index contributed by atoms with van der Waals surface area (Å²) in [7, 11) is 0. The average Bonchev–Trinajstić information content (AvgIpc) is 2.67. The van der Waals surface area contributed by atoms with Gasteiger partial charge in [0.15, 0.2) is 18.1 Å². The molecule has 0 saturated heterocycles. The zero-order valence-corrected chi connectivity index (χ0v) is 19.0. The molecule has 0 aliphatic heterocycles. The quantitative estimate of drug-likeness (QED) is 0.156. The molecule has 3 atom stereocenters. The number of aliphatic carboxylic acids is 3. The smallest absolute Gasteiger partial charge is 0.362 e. The summed E-state index contributed by atoms with van der Waals surface area (Å²) in [6.45, 7) is 9.04. The van der Waals surface area contributed by atoms with E-state index in [0.29, 0.717) is 6.42 Å². The van der Waals surface area contributed by atoms with Crippen LogP contribution in [0.1, 0.15) is 91.4 Å². The van der Waals surface area contributed by atoms with E-state index in [0.717, 1.165) is 44.9 Å². The molecule has 7 heteroatoms. The van der Waals surface area contributed by atoms with E-state index < -0.39 is 40.5 Å². The van der Waals surface area contributed by atoms with Crippen molar-refractivity contribution >= 4 is 17.9 Å². The lowest BCUT2D eigenvalue weighted by Gasteiger charge is -2.49. The molecule has 3 unspecified atom stereocenters. The van der Waals surface area contributed by atoms with Crippen molar-refractivity contribution in [3.8, 4) is 0 Å². The number of carboxylic acids is 3. The van der Waals surface area contributed by atoms with Gasteiger partial charge in [-0.3, -0.25) is 4.48 Å². The zero-order chi connectivity index (χ0) is 23.2. The van der Waals surface area contributed by atoms with Gasteiger partial charge in [0.25, 0.3) is 0 Å². The molecule has 3 N–H and O–H groups in total. The zero-order valence-electron chi connectivity index (χ0n) is 19.0.